The summed E-state index contributed by atoms with van der Waals surface area (Å²) < 4.78 is 28.3. The van der Waals surface area contributed by atoms with E-state index in [1.807, 2.05) is 21.1 Å². The topological polar surface area (TPSA) is 85.2 Å². The fourth-order valence-corrected chi connectivity index (χ4v) is 8.53. The van der Waals surface area contributed by atoms with Crippen molar-refractivity contribution in [3.8, 4) is 0 Å². The molecule has 4 aliphatic rings. The van der Waals surface area contributed by atoms with Gasteiger partial charge in [0.05, 0.1) is 34.4 Å². The van der Waals surface area contributed by atoms with E-state index >= 15 is 0 Å². The number of hydrogen-bond donors (Lipinski definition) is 2. The summed E-state index contributed by atoms with van der Waals surface area (Å²) in [5.74, 6) is 7.92. The maximum absolute atomic E-state index is 12.0. The maximum atomic E-state index is 12.0. The van der Waals surface area contributed by atoms with Gasteiger partial charge in [-0.3, -0.25) is 9.05 Å². The molecule has 210 valence electrons. The number of likely N-dealkylation sites (N-methyl/N-ethyl adjacent to an activating group) is 1. The quantitative estimate of drug-likeness (QED) is 0.143. The Labute approximate surface area is 219 Å². The molecule has 4 rings (SSSR count). The standard InChI is InChI=1S/C28H52NO6P/c1-29(2,3)15-17-34-36(31,32)35-20-22(19-30)33-16-9-7-5-4-6-8-10-21-11-12-25-26(18-21)28-24-14-13-23(24)27(25)28/h21-28,30H,4-20H2,1-3H3/p+1/t21?,22-,23?,24?,25?,26?,27?,28?/m1/s1. The summed E-state index contributed by atoms with van der Waals surface area (Å²) >= 11 is 0. The molecule has 0 bridgehead atoms. The van der Waals surface area contributed by atoms with Gasteiger partial charge in [-0.1, -0.05) is 44.9 Å². The van der Waals surface area contributed by atoms with E-state index in [2.05, 4.69) is 0 Å². The van der Waals surface area contributed by atoms with E-state index in [1.54, 1.807) is 25.7 Å². The predicted octanol–water partition coefficient (Wildman–Crippen LogP) is 5.25. The molecule has 4 fully saturated rings. The molecule has 0 radical (unpaired) electrons. The third-order valence-corrected chi connectivity index (χ3v) is 10.9. The molecule has 0 spiro atoms. The molecule has 8 unspecified atom stereocenters. The number of aliphatic hydroxyl groups is 1. The van der Waals surface area contributed by atoms with Gasteiger partial charge in [-0.05, 0) is 73.5 Å². The first-order valence-electron chi connectivity index (χ1n) is 14.8. The van der Waals surface area contributed by atoms with Crippen molar-refractivity contribution in [2.24, 2.45) is 41.4 Å². The molecule has 0 aromatic heterocycles. The number of unbranched alkanes of at least 4 members (excludes halogenated alkanes) is 5. The van der Waals surface area contributed by atoms with Crippen LogP contribution in [0.2, 0.25) is 0 Å². The summed E-state index contributed by atoms with van der Waals surface area (Å²) in [5, 5.41) is 9.49. The highest BCUT2D eigenvalue weighted by molar-refractivity contribution is 7.47. The Morgan fingerprint density at radius 2 is 1.44 bits per heavy atom. The molecule has 0 saturated heterocycles. The Balaban J connectivity index is 0.956. The number of rotatable bonds is 18. The molecule has 2 N–H and O–H groups in total. The van der Waals surface area contributed by atoms with Crippen LogP contribution in [0.1, 0.15) is 77.0 Å². The molecule has 0 heterocycles. The van der Waals surface area contributed by atoms with Gasteiger partial charge in [-0.15, -0.1) is 0 Å². The van der Waals surface area contributed by atoms with Crippen LogP contribution in [0.4, 0.5) is 0 Å². The molecule has 0 aromatic carbocycles. The van der Waals surface area contributed by atoms with Gasteiger partial charge < -0.3 is 19.2 Å². The Kier molecular flexibility index (Phi) is 10.4. The number of hydrogen-bond acceptors (Lipinski definition) is 5. The molecular weight excluding hydrogens is 477 g/mol. The summed E-state index contributed by atoms with van der Waals surface area (Å²) in [4.78, 5) is 9.79. The zero-order valence-corrected chi connectivity index (χ0v) is 24.0. The minimum atomic E-state index is -4.13. The van der Waals surface area contributed by atoms with Crippen molar-refractivity contribution in [2.75, 3.05) is 54.1 Å². The number of nitrogens with zero attached hydrogens (tertiary/aromatic N) is 1. The number of fused-ring (bicyclic) bond motifs is 7. The van der Waals surface area contributed by atoms with E-state index in [9.17, 15) is 14.6 Å². The third-order valence-electron chi connectivity index (χ3n) is 9.87. The molecular formula is C28H53NO6P+. The van der Waals surface area contributed by atoms with E-state index < -0.39 is 13.9 Å². The van der Waals surface area contributed by atoms with Crippen molar-refractivity contribution in [3.05, 3.63) is 0 Å². The van der Waals surface area contributed by atoms with Crippen LogP contribution in [-0.4, -0.2) is 74.7 Å². The van der Waals surface area contributed by atoms with Crippen molar-refractivity contribution >= 4 is 7.82 Å². The van der Waals surface area contributed by atoms with Crippen LogP contribution >= 0.6 is 7.82 Å². The van der Waals surface area contributed by atoms with Crippen molar-refractivity contribution in [1.29, 1.82) is 0 Å². The van der Waals surface area contributed by atoms with Gasteiger partial charge in [0.15, 0.2) is 0 Å². The van der Waals surface area contributed by atoms with Gasteiger partial charge in [0, 0.05) is 6.61 Å². The number of ether oxygens (including phenoxy) is 1. The molecule has 9 atom stereocenters. The highest BCUT2D eigenvalue weighted by Crippen LogP contribution is 2.74. The molecule has 0 aliphatic heterocycles. The zero-order chi connectivity index (χ0) is 25.8. The molecule has 7 nitrogen and oxygen atoms in total. The molecule has 0 amide bonds. The van der Waals surface area contributed by atoms with E-state index in [0.29, 0.717) is 17.6 Å². The smallest absolute Gasteiger partial charge is 0.394 e. The summed E-state index contributed by atoms with van der Waals surface area (Å²) in [6, 6.07) is 0. The normalized spacial score (nSPS) is 35.3. The fourth-order valence-electron chi connectivity index (χ4n) is 7.79. The first kappa shape index (κ1) is 29.0. The van der Waals surface area contributed by atoms with Crippen molar-refractivity contribution in [3.63, 3.8) is 0 Å². The van der Waals surface area contributed by atoms with Gasteiger partial charge in [0.1, 0.15) is 19.3 Å². The van der Waals surface area contributed by atoms with Crippen LogP contribution in [0, 0.1) is 41.4 Å². The number of aliphatic hydroxyl groups excluding tert-OH is 1. The highest BCUT2D eigenvalue weighted by Gasteiger charge is 2.68. The highest BCUT2D eigenvalue weighted by atomic mass is 31.2. The van der Waals surface area contributed by atoms with Crippen LogP contribution in [-0.2, 0) is 18.3 Å². The predicted molar refractivity (Wildman–Crippen MR) is 141 cm³/mol. The Morgan fingerprint density at radius 1 is 0.833 bits per heavy atom. The summed E-state index contributed by atoms with van der Waals surface area (Å²) in [5.41, 5.74) is 0. The molecule has 4 aliphatic carbocycles. The van der Waals surface area contributed by atoms with E-state index in [1.165, 1.54) is 50.4 Å². The van der Waals surface area contributed by atoms with Gasteiger partial charge in [0.2, 0.25) is 0 Å². The summed E-state index contributed by atoms with van der Waals surface area (Å²) in [6.45, 7) is 0.855. The van der Waals surface area contributed by atoms with Gasteiger partial charge >= 0.3 is 7.82 Å². The molecule has 0 aromatic rings. The van der Waals surface area contributed by atoms with Gasteiger partial charge in [-0.2, -0.15) is 0 Å². The molecule has 36 heavy (non-hydrogen) atoms. The van der Waals surface area contributed by atoms with Crippen molar-refractivity contribution in [1.82, 2.24) is 0 Å². The first-order chi connectivity index (χ1) is 17.2. The minimum absolute atomic E-state index is 0.130. The molecule has 8 heteroatoms. The second-order valence-corrected chi connectivity index (χ2v) is 14.7. The number of phosphoric ester groups is 1. The largest absolute Gasteiger partial charge is 0.472 e. The van der Waals surface area contributed by atoms with Crippen LogP contribution < -0.4 is 0 Å². The number of phosphoric acid groups is 1. The van der Waals surface area contributed by atoms with Gasteiger partial charge in [0.25, 0.3) is 0 Å². The van der Waals surface area contributed by atoms with Crippen LogP contribution in [0.3, 0.4) is 0 Å². The Hall–Kier alpha value is -0.0100. The fraction of sp³-hybridized carbons (Fsp3) is 1.00. The lowest BCUT2D eigenvalue weighted by Crippen LogP contribution is -2.69. The van der Waals surface area contributed by atoms with Crippen LogP contribution in [0.25, 0.3) is 0 Å². The van der Waals surface area contributed by atoms with Crippen molar-refractivity contribution in [2.45, 2.75) is 83.2 Å². The Morgan fingerprint density at radius 3 is 2.11 bits per heavy atom. The van der Waals surface area contributed by atoms with Crippen LogP contribution in [0.15, 0.2) is 0 Å². The Bertz CT molecular complexity index is 723. The monoisotopic (exact) mass is 530 g/mol. The average molecular weight is 531 g/mol. The summed E-state index contributed by atoms with van der Waals surface area (Å²) in [7, 11) is 1.81. The molecule has 4 saturated carbocycles. The minimum Gasteiger partial charge on any atom is -0.394 e. The zero-order valence-electron chi connectivity index (χ0n) is 23.1. The van der Waals surface area contributed by atoms with Crippen LogP contribution in [0.5, 0.6) is 0 Å². The second-order valence-electron chi connectivity index (χ2n) is 13.3. The van der Waals surface area contributed by atoms with Crippen molar-refractivity contribution < 1.29 is 32.8 Å². The lowest BCUT2D eigenvalue weighted by molar-refractivity contribution is -0.870. The lowest BCUT2D eigenvalue weighted by Gasteiger charge is -2.74. The SMILES string of the molecule is C[N+](C)(C)CCOP(=O)(O)OC[C@@H](CO)OCCCCCCCCC1CCC2C(C1)C1C3CCC3C21. The number of quaternary nitrogens is 1. The average Bonchev–Trinajstić information content (AvgIpc) is 2.80. The van der Waals surface area contributed by atoms with E-state index in [-0.39, 0.29) is 19.8 Å². The van der Waals surface area contributed by atoms with Gasteiger partial charge in [-0.25, -0.2) is 4.57 Å². The van der Waals surface area contributed by atoms with E-state index in [4.69, 9.17) is 13.8 Å². The van der Waals surface area contributed by atoms with E-state index in [0.717, 1.165) is 42.4 Å². The lowest BCUT2D eigenvalue weighted by atomic mass is 9.30. The maximum Gasteiger partial charge on any atom is 0.472 e. The summed E-state index contributed by atoms with van der Waals surface area (Å²) in [6.07, 6.45) is 15.8. The third kappa shape index (κ3) is 7.55. The second kappa shape index (κ2) is 12.9. The first-order valence-corrected chi connectivity index (χ1v) is 16.3.